The molecule has 1 aliphatic rings. The highest BCUT2D eigenvalue weighted by Crippen LogP contribution is 2.33. The predicted octanol–water partition coefficient (Wildman–Crippen LogP) is 3.29. The highest BCUT2D eigenvalue weighted by Gasteiger charge is 2.20. The van der Waals surface area contributed by atoms with E-state index < -0.39 is 10.7 Å². The van der Waals surface area contributed by atoms with Crippen molar-refractivity contribution in [3.05, 3.63) is 75.7 Å². The van der Waals surface area contributed by atoms with Gasteiger partial charge < -0.3 is 11.1 Å². The standard InChI is InChI=1S/C19H13FN4O3/c20-17-4-2-13(24(26)27)7-15(17)12-6-16(18(21)22-8-12)10-1-3-14-11(5-10)9-23-19(14)25/h1-8H,9H2,(H2,21,22)(H,23,25). The van der Waals surface area contributed by atoms with Crippen molar-refractivity contribution in [2.24, 2.45) is 0 Å². The number of benzene rings is 2. The molecule has 8 heteroatoms. The van der Waals surface area contributed by atoms with Gasteiger partial charge in [0.2, 0.25) is 0 Å². The molecule has 4 rings (SSSR count). The van der Waals surface area contributed by atoms with Crippen LogP contribution < -0.4 is 11.1 Å². The monoisotopic (exact) mass is 364 g/mol. The summed E-state index contributed by atoms with van der Waals surface area (Å²) in [4.78, 5) is 26.2. The van der Waals surface area contributed by atoms with Gasteiger partial charge in [0.15, 0.2) is 0 Å². The van der Waals surface area contributed by atoms with E-state index in [9.17, 15) is 19.3 Å². The van der Waals surface area contributed by atoms with Crippen molar-refractivity contribution in [2.45, 2.75) is 6.54 Å². The molecular weight excluding hydrogens is 351 g/mol. The van der Waals surface area contributed by atoms with Crippen LogP contribution in [0.2, 0.25) is 0 Å². The Morgan fingerprint density at radius 1 is 1.07 bits per heavy atom. The third kappa shape index (κ3) is 2.86. The van der Waals surface area contributed by atoms with E-state index in [1.807, 2.05) is 6.07 Å². The van der Waals surface area contributed by atoms with Gasteiger partial charge in [-0.15, -0.1) is 0 Å². The number of rotatable bonds is 3. The molecule has 0 atom stereocenters. The van der Waals surface area contributed by atoms with Crippen molar-refractivity contribution in [3.8, 4) is 22.3 Å². The van der Waals surface area contributed by atoms with Crippen molar-refractivity contribution in [1.29, 1.82) is 0 Å². The molecule has 7 nitrogen and oxygen atoms in total. The Morgan fingerprint density at radius 3 is 2.67 bits per heavy atom. The Bertz CT molecular complexity index is 1110. The number of pyridine rings is 1. The number of hydrogen-bond acceptors (Lipinski definition) is 5. The minimum Gasteiger partial charge on any atom is -0.383 e. The van der Waals surface area contributed by atoms with Gasteiger partial charge in [-0.05, 0) is 35.4 Å². The average Bonchev–Trinajstić information content (AvgIpc) is 3.03. The van der Waals surface area contributed by atoms with Crippen LogP contribution >= 0.6 is 0 Å². The van der Waals surface area contributed by atoms with Crippen LogP contribution in [0.25, 0.3) is 22.3 Å². The number of hydrogen-bond donors (Lipinski definition) is 2. The molecule has 0 bridgehead atoms. The fourth-order valence-electron chi connectivity index (χ4n) is 3.10. The molecule has 0 aliphatic carbocycles. The number of non-ortho nitro benzene ring substituents is 1. The number of nitrogens with two attached hydrogens (primary N) is 1. The summed E-state index contributed by atoms with van der Waals surface area (Å²) in [7, 11) is 0. The van der Waals surface area contributed by atoms with Gasteiger partial charge >= 0.3 is 0 Å². The normalized spacial score (nSPS) is 12.6. The summed E-state index contributed by atoms with van der Waals surface area (Å²) in [5, 5.41) is 13.7. The molecule has 134 valence electrons. The van der Waals surface area contributed by atoms with E-state index in [0.29, 0.717) is 23.2 Å². The van der Waals surface area contributed by atoms with Gasteiger partial charge in [0, 0.05) is 47.1 Å². The molecule has 1 amide bonds. The first kappa shape index (κ1) is 16.6. The summed E-state index contributed by atoms with van der Waals surface area (Å²) < 4.78 is 14.2. The van der Waals surface area contributed by atoms with Crippen LogP contribution in [0.5, 0.6) is 0 Å². The molecule has 2 aromatic carbocycles. The molecular formula is C19H13FN4O3. The molecule has 0 fully saturated rings. The van der Waals surface area contributed by atoms with E-state index in [1.54, 1.807) is 18.2 Å². The Morgan fingerprint density at radius 2 is 1.89 bits per heavy atom. The summed E-state index contributed by atoms with van der Waals surface area (Å²) >= 11 is 0. The predicted molar refractivity (Wildman–Crippen MR) is 97.3 cm³/mol. The van der Waals surface area contributed by atoms with Gasteiger partial charge in [-0.25, -0.2) is 9.37 Å². The summed E-state index contributed by atoms with van der Waals surface area (Å²) in [5.74, 6) is -0.487. The zero-order valence-corrected chi connectivity index (χ0v) is 13.9. The van der Waals surface area contributed by atoms with E-state index in [4.69, 9.17) is 5.73 Å². The van der Waals surface area contributed by atoms with Crippen molar-refractivity contribution in [3.63, 3.8) is 0 Å². The number of carbonyl (C=O) groups is 1. The van der Waals surface area contributed by atoms with Crippen molar-refractivity contribution >= 4 is 17.4 Å². The minimum absolute atomic E-state index is 0.0657. The molecule has 0 saturated carbocycles. The van der Waals surface area contributed by atoms with Gasteiger partial charge in [0.25, 0.3) is 11.6 Å². The maximum atomic E-state index is 14.2. The highest BCUT2D eigenvalue weighted by atomic mass is 19.1. The summed E-state index contributed by atoms with van der Waals surface area (Å²) in [6.45, 7) is 0.425. The van der Waals surface area contributed by atoms with Gasteiger partial charge in [-0.3, -0.25) is 14.9 Å². The number of halogens is 1. The second-order valence-corrected chi connectivity index (χ2v) is 6.13. The molecule has 3 aromatic rings. The lowest BCUT2D eigenvalue weighted by molar-refractivity contribution is -0.384. The van der Waals surface area contributed by atoms with Gasteiger partial charge in [-0.1, -0.05) is 6.07 Å². The van der Waals surface area contributed by atoms with Gasteiger partial charge in [-0.2, -0.15) is 0 Å². The van der Waals surface area contributed by atoms with Crippen LogP contribution in [0.4, 0.5) is 15.9 Å². The van der Waals surface area contributed by atoms with Crippen LogP contribution in [0.3, 0.4) is 0 Å². The summed E-state index contributed by atoms with van der Waals surface area (Å²) in [6.07, 6.45) is 1.37. The summed E-state index contributed by atoms with van der Waals surface area (Å²) in [5.41, 5.74) is 8.93. The smallest absolute Gasteiger partial charge is 0.270 e. The Hall–Kier alpha value is -3.81. The molecule has 3 N–H and O–H groups in total. The first-order valence-corrected chi connectivity index (χ1v) is 8.05. The molecule has 1 aromatic heterocycles. The molecule has 0 spiro atoms. The van der Waals surface area contributed by atoms with Crippen molar-refractivity contribution in [2.75, 3.05) is 5.73 Å². The number of anilines is 1. The number of fused-ring (bicyclic) bond motifs is 1. The maximum absolute atomic E-state index is 14.2. The second kappa shape index (κ2) is 6.17. The number of nitro groups is 1. The molecule has 0 radical (unpaired) electrons. The Kier molecular flexibility index (Phi) is 3.80. The third-order valence-electron chi connectivity index (χ3n) is 4.49. The van der Waals surface area contributed by atoms with E-state index in [0.717, 1.165) is 29.3 Å². The summed E-state index contributed by atoms with van der Waals surface area (Å²) in [6, 6.07) is 10.2. The number of aromatic nitrogens is 1. The fraction of sp³-hybridized carbons (Fsp3) is 0.0526. The first-order valence-electron chi connectivity index (χ1n) is 8.05. The van der Waals surface area contributed by atoms with Gasteiger partial charge in [0.1, 0.15) is 11.6 Å². The van der Waals surface area contributed by atoms with Crippen LogP contribution in [0.15, 0.2) is 48.7 Å². The van der Waals surface area contributed by atoms with Crippen molar-refractivity contribution in [1.82, 2.24) is 10.3 Å². The fourth-order valence-corrected chi connectivity index (χ4v) is 3.10. The number of nitro benzene ring substituents is 1. The number of nitrogen functional groups attached to an aromatic ring is 1. The van der Waals surface area contributed by atoms with Gasteiger partial charge in [0.05, 0.1) is 4.92 Å². The largest absolute Gasteiger partial charge is 0.383 e. The molecule has 0 saturated heterocycles. The molecule has 27 heavy (non-hydrogen) atoms. The Balaban J connectivity index is 1.83. The zero-order chi connectivity index (χ0) is 19.1. The maximum Gasteiger partial charge on any atom is 0.270 e. The lowest BCUT2D eigenvalue weighted by Gasteiger charge is -2.10. The SMILES string of the molecule is Nc1ncc(-c2cc([N+](=O)[O-])ccc2F)cc1-c1ccc2c(c1)CNC2=O. The number of carbonyl (C=O) groups excluding carboxylic acids is 1. The van der Waals surface area contributed by atoms with Crippen LogP contribution in [0.1, 0.15) is 15.9 Å². The second-order valence-electron chi connectivity index (χ2n) is 6.13. The number of amides is 1. The zero-order valence-electron chi connectivity index (χ0n) is 13.9. The van der Waals surface area contributed by atoms with Crippen LogP contribution in [0, 0.1) is 15.9 Å². The highest BCUT2D eigenvalue weighted by molar-refractivity contribution is 5.99. The van der Waals surface area contributed by atoms with Crippen LogP contribution in [-0.2, 0) is 6.54 Å². The van der Waals surface area contributed by atoms with Crippen molar-refractivity contribution < 1.29 is 14.1 Å². The Labute approximate surface area is 152 Å². The number of nitrogens with zero attached hydrogens (tertiary/aromatic N) is 2. The van der Waals surface area contributed by atoms with Crippen LogP contribution in [-0.4, -0.2) is 15.8 Å². The molecule has 0 unspecified atom stereocenters. The lowest BCUT2D eigenvalue weighted by atomic mass is 9.97. The topological polar surface area (TPSA) is 111 Å². The first-order chi connectivity index (χ1) is 12.9. The molecule has 1 aliphatic heterocycles. The average molecular weight is 364 g/mol. The quantitative estimate of drug-likeness (QED) is 0.547. The van der Waals surface area contributed by atoms with E-state index >= 15 is 0 Å². The van der Waals surface area contributed by atoms with E-state index in [2.05, 4.69) is 10.3 Å². The van der Waals surface area contributed by atoms with E-state index in [-0.39, 0.29) is 23.0 Å². The molecule has 2 heterocycles. The third-order valence-corrected chi connectivity index (χ3v) is 4.49. The minimum atomic E-state index is -0.595. The number of nitrogens with one attached hydrogen (secondary N) is 1. The van der Waals surface area contributed by atoms with E-state index in [1.165, 1.54) is 6.20 Å². The lowest BCUT2D eigenvalue weighted by Crippen LogP contribution is -2.12.